The second kappa shape index (κ2) is 6.04. The van der Waals surface area contributed by atoms with Crippen molar-refractivity contribution in [2.45, 2.75) is 11.8 Å². The maximum absolute atomic E-state index is 11.3. The highest BCUT2D eigenvalue weighted by molar-refractivity contribution is 7.89. The Labute approximate surface area is 135 Å². The smallest absolute Gasteiger partial charge is 0.238 e. The highest BCUT2D eigenvalue weighted by atomic mass is 35.5. The largest absolute Gasteiger partial charge is 0.248 e. The van der Waals surface area contributed by atoms with Crippen LogP contribution in [0.5, 0.6) is 0 Å². The minimum absolute atomic E-state index is 0. The molecule has 0 fully saturated rings. The number of benzene rings is 2. The quantitative estimate of drug-likeness (QED) is 0.781. The monoisotopic (exact) mass is 334 g/mol. The van der Waals surface area contributed by atoms with Gasteiger partial charge < -0.3 is 0 Å². The molecule has 0 radical (unpaired) electrons. The molecule has 22 heavy (non-hydrogen) atoms. The van der Waals surface area contributed by atoms with E-state index >= 15 is 0 Å². The molecule has 114 valence electrons. The van der Waals surface area contributed by atoms with Gasteiger partial charge in [0.25, 0.3) is 0 Å². The fourth-order valence-corrected chi connectivity index (χ4v) is 2.83. The third kappa shape index (κ3) is 3.11. The number of halogens is 1. The van der Waals surface area contributed by atoms with Crippen molar-refractivity contribution in [3.05, 3.63) is 60.2 Å². The van der Waals surface area contributed by atoms with Crippen LogP contribution in [0.4, 0.5) is 0 Å². The van der Waals surface area contributed by atoms with Crippen LogP contribution in [0.25, 0.3) is 22.2 Å². The topological polar surface area (TPSA) is 73.1 Å². The first-order valence-corrected chi connectivity index (χ1v) is 7.99. The number of hydrogen-bond acceptors (Lipinski definition) is 3. The maximum Gasteiger partial charge on any atom is 0.238 e. The molecule has 2 aromatic carbocycles. The number of pyridine rings is 1. The van der Waals surface area contributed by atoms with Crippen molar-refractivity contribution in [1.82, 2.24) is 4.98 Å². The normalized spacial score (nSPS) is 11.2. The van der Waals surface area contributed by atoms with E-state index in [0.29, 0.717) is 0 Å². The van der Waals surface area contributed by atoms with Crippen molar-refractivity contribution in [2.24, 2.45) is 5.14 Å². The first kappa shape index (κ1) is 16.4. The number of nitrogens with zero attached hydrogens (tertiary/aromatic N) is 1. The fraction of sp³-hybridized carbons (Fsp3) is 0.0625. The lowest BCUT2D eigenvalue weighted by atomic mass is 10.1. The average molecular weight is 335 g/mol. The van der Waals surface area contributed by atoms with Crippen molar-refractivity contribution < 1.29 is 8.42 Å². The van der Waals surface area contributed by atoms with Gasteiger partial charge in [-0.15, -0.1) is 12.4 Å². The summed E-state index contributed by atoms with van der Waals surface area (Å²) in [6, 6.07) is 16.4. The molecule has 0 amide bonds. The number of aryl methyl sites for hydroxylation is 1. The van der Waals surface area contributed by atoms with E-state index in [4.69, 9.17) is 5.14 Å². The predicted molar refractivity (Wildman–Crippen MR) is 90.5 cm³/mol. The zero-order valence-corrected chi connectivity index (χ0v) is 13.5. The van der Waals surface area contributed by atoms with Gasteiger partial charge in [0.1, 0.15) is 0 Å². The molecule has 3 rings (SSSR count). The molecule has 2 N–H and O–H groups in total. The number of primary sulfonamides is 1. The molecule has 0 aliphatic rings. The molecule has 3 aromatic rings. The summed E-state index contributed by atoms with van der Waals surface area (Å²) in [6.45, 7) is 2.03. The molecule has 0 aliphatic heterocycles. The zero-order chi connectivity index (χ0) is 15.0. The number of rotatable bonds is 2. The number of nitrogens with two attached hydrogens (primary N) is 1. The lowest BCUT2D eigenvalue weighted by molar-refractivity contribution is 0.598. The number of sulfonamides is 1. The van der Waals surface area contributed by atoms with Crippen molar-refractivity contribution in [2.75, 3.05) is 0 Å². The Morgan fingerprint density at radius 1 is 1.00 bits per heavy atom. The van der Waals surface area contributed by atoms with Crippen LogP contribution in [0.1, 0.15) is 5.56 Å². The SMILES string of the molecule is Cc1cc(-c2ccc(S(N)(=O)=O)cc2)nc2ccccc12.Cl. The molecule has 1 heterocycles. The summed E-state index contributed by atoms with van der Waals surface area (Å²) in [4.78, 5) is 4.72. The highest BCUT2D eigenvalue weighted by Gasteiger charge is 2.09. The van der Waals surface area contributed by atoms with Gasteiger partial charge in [0.15, 0.2) is 0 Å². The van der Waals surface area contributed by atoms with Gasteiger partial charge in [-0.2, -0.15) is 0 Å². The van der Waals surface area contributed by atoms with Crippen LogP contribution in [-0.4, -0.2) is 13.4 Å². The molecular weight excluding hydrogens is 320 g/mol. The number of hydrogen-bond donors (Lipinski definition) is 1. The molecule has 0 aliphatic carbocycles. The third-order valence-electron chi connectivity index (χ3n) is 3.40. The van der Waals surface area contributed by atoms with Crippen LogP contribution in [0, 0.1) is 6.92 Å². The molecule has 0 spiro atoms. The van der Waals surface area contributed by atoms with Crippen molar-refractivity contribution in [3.63, 3.8) is 0 Å². The Hall–Kier alpha value is -1.95. The molecule has 1 aromatic heterocycles. The molecular formula is C16H15ClN2O2S. The van der Waals surface area contributed by atoms with Crippen LogP contribution in [0.2, 0.25) is 0 Å². The summed E-state index contributed by atoms with van der Waals surface area (Å²) in [5.74, 6) is 0. The Morgan fingerprint density at radius 2 is 1.64 bits per heavy atom. The van der Waals surface area contributed by atoms with Crippen molar-refractivity contribution >= 4 is 33.3 Å². The molecule has 4 nitrogen and oxygen atoms in total. The standard InChI is InChI=1S/C16H14N2O2S.ClH/c1-11-10-16(18-15-5-3-2-4-14(11)15)12-6-8-13(9-7-12)21(17,19)20;/h2-10H,1H3,(H2,17,19,20);1H. The summed E-state index contributed by atoms with van der Waals surface area (Å²) in [5.41, 5.74) is 3.72. The Balaban J connectivity index is 0.00000176. The summed E-state index contributed by atoms with van der Waals surface area (Å²) < 4.78 is 22.5. The van der Waals surface area contributed by atoms with Gasteiger partial charge in [-0.1, -0.05) is 30.3 Å². The van der Waals surface area contributed by atoms with E-state index in [1.807, 2.05) is 37.3 Å². The van der Waals surface area contributed by atoms with Gasteiger partial charge in [-0.25, -0.2) is 18.5 Å². The number of aromatic nitrogens is 1. The Bertz CT molecular complexity index is 923. The van der Waals surface area contributed by atoms with Gasteiger partial charge >= 0.3 is 0 Å². The summed E-state index contributed by atoms with van der Waals surface area (Å²) in [5, 5.41) is 6.21. The summed E-state index contributed by atoms with van der Waals surface area (Å²) in [6.07, 6.45) is 0. The second-order valence-electron chi connectivity index (χ2n) is 4.91. The molecule has 0 atom stereocenters. The van der Waals surface area contributed by atoms with Gasteiger partial charge in [-0.05, 0) is 36.8 Å². The minimum atomic E-state index is -3.67. The molecule has 0 bridgehead atoms. The second-order valence-corrected chi connectivity index (χ2v) is 6.47. The van der Waals surface area contributed by atoms with E-state index in [1.165, 1.54) is 12.1 Å². The molecule has 6 heteroatoms. The Kier molecular flexibility index (Phi) is 4.51. The lowest BCUT2D eigenvalue weighted by Crippen LogP contribution is -2.11. The first-order valence-electron chi connectivity index (χ1n) is 6.45. The molecule has 0 unspecified atom stereocenters. The predicted octanol–water partition coefficient (Wildman–Crippen LogP) is 3.28. The first-order chi connectivity index (χ1) is 9.95. The van der Waals surface area contributed by atoms with E-state index < -0.39 is 10.0 Å². The third-order valence-corrected chi connectivity index (χ3v) is 4.33. The van der Waals surface area contributed by atoms with E-state index in [-0.39, 0.29) is 17.3 Å². The number of para-hydroxylation sites is 1. The molecule has 0 saturated heterocycles. The van der Waals surface area contributed by atoms with Gasteiger partial charge in [0, 0.05) is 10.9 Å². The van der Waals surface area contributed by atoms with E-state index in [0.717, 1.165) is 27.7 Å². The van der Waals surface area contributed by atoms with Crippen LogP contribution < -0.4 is 5.14 Å². The maximum atomic E-state index is 11.3. The van der Waals surface area contributed by atoms with Crippen LogP contribution in [-0.2, 0) is 10.0 Å². The van der Waals surface area contributed by atoms with Gasteiger partial charge in [0.05, 0.1) is 16.1 Å². The van der Waals surface area contributed by atoms with Crippen molar-refractivity contribution in [1.29, 1.82) is 0 Å². The van der Waals surface area contributed by atoms with Crippen LogP contribution >= 0.6 is 12.4 Å². The highest BCUT2D eigenvalue weighted by Crippen LogP contribution is 2.25. The Morgan fingerprint density at radius 3 is 2.27 bits per heavy atom. The summed E-state index contributed by atoms with van der Waals surface area (Å²) in [7, 11) is -3.67. The van der Waals surface area contributed by atoms with E-state index in [9.17, 15) is 8.42 Å². The summed E-state index contributed by atoms with van der Waals surface area (Å²) >= 11 is 0. The van der Waals surface area contributed by atoms with Gasteiger partial charge in [0.2, 0.25) is 10.0 Å². The average Bonchev–Trinajstić information content (AvgIpc) is 2.46. The van der Waals surface area contributed by atoms with E-state index in [2.05, 4.69) is 4.98 Å². The number of fused-ring (bicyclic) bond motifs is 1. The minimum Gasteiger partial charge on any atom is -0.248 e. The van der Waals surface area contributed by atoms with Gasteiger partial charge in [-0.3, -0.25) is 0 Å². The molecule has 0 saturated carbocycles. The zero-order valence-electron chi connectivity index (χ0n) is 11.9. The van der Waals surface area contributed by atoms with Crippen LogP contribution in [0.3, 0.4) is 0 Å². The fourth-order valence-electron chi connectivity index (χ4n) is 2.31. The van der Waals surface area contributed by atoms with Crippen molar-refractivity contribution in [3.8, 4) is 11.3 Å². The lowest BCUT2D eigenvalue weighted by Gasteiger charge is -2.07. The van der Waals surface area contributed by atoms with Crippen LogP contribution in [0.15, 0.2) is 59.5 Å². The van der Waals surface area contributed by atoms with E-state index in [1.54, 1.807) is 12.1 Å².